The Hall–Kier alpha value is -0.770. The SMILES string of the molecule is CC(C)(C)[C@@H](O)[C@@H](N)c1ccc(O)c(Cl)c1. The summed E-state index contributed by atoms with van der Waals surface area (Å²) in [5, 5.41) is 19.6. The van der Waals surface area contributed by atoms with Crippen molar-refractivity contribution in [3.8, 4) is 5.75 Å². The number of hydrogen-bond acceptors (Lipinski definition) is 3. The van der Waals surface area contributed by atoms with Gasteiger partial charge >= 0.3 is 0 Å². The van der Waals surface area contributed by atoms with Crippen LogP contribution in [0.2, 0.25) is 5.02 Å². The Morgan fingerprint density at radius 2 is 1.88 bits per heavy atom. The van der Waals surface area contributed by atoms with E-state index in [0.717, 1.165) is 0 Å². The summed E-state index contributed by atoms with van der Waals surface area (Å²) in [6.07, 6.45) is -0.673. The van der Waals surface area contributed by atoms with Gasteiger partial charge in [0, 0.05) is 0 Å². The Morgan fingerprint density at radius 3 is 2.31 bits per heavy atom. The number of aromatic hydroxyl groups is 1. The molecule has 1 aromatic carbocycles. The maximum absolute atomic E-state index is 10.0. The minimum atomic E-state index is -0.673. The molecule has 0 aliphatic rings. The van der Waals surface area contributed by atoms with Crippen LogP contribution in [0.25, 0.3) is 0 Å². The van der Waals surface area contributed by atoms with Gasteiger partial charge in [-0.3, -0.25) is 0 Å². The highest BCUT2D eigenvalue weighted by molar-refractivity contribution is 6.32. The van der Waals surface area contributed by atoms with Crippen molar-refractivity contribution < 1.29 is 10.2 Å². The van der Waals surface area contributed by atoms with Crippen LogP contribution >= 0.6 is 11.6 Å². The first-order valence-corrected chi connectivity index (χ1v) is 5.53. The fourth-order valence-corrected chi connectivity index (χ4v) is 1.64. The van der Waals surface area contributed by atoms with Crippen molar-refractivity contribution in [3.05, 3.63) is 28.8 Å². The molecule has 4 heteroatoms. The van der Waals surface area contributed by atoms with Gasteiger partial charge in [-0.15, -0.1) is 0 Å². The molecule has 0 aromatic heterocycles. The van der Waals surface area contributed by atoms with Crippen molar-refractivity contribution in [3.63, 3.8) is 0 Å². The van der Waals surface area contributed by atoms with Crippen molar-refractivity contribution in [2.75, 3.05) is 0 Å². The van der Waals surface area contributed by atoms with Gasteiger partial charge in [-0.05, 0) is 23.1 Å². The fraction of sp³-hybridized carbons (Fsp3) is 0.500. The molecule has 0 heterocycles. The highest BCUT2D eigenvalue weighted by Gasteiger charge is 2.29. The number of phenols is 1. The average molecular weight is 244 g/mol. The zero-order valence-corrected chi connectivity index (χ0v) is 10.5. The minimum Gasteiger partial charge on any atom is -0.506 e. The second-order valence-corrected chi connectivity index (χ2v) is 5.45. The highest BCUT2D eigenvalue weighted by atomic mass is 35.5. The molecule has 0 amide bonds. The van der Waals surface area contributed by atoms with Gasteiger partial charge in [0.05, 0.1) is 17.2 Å². The van der Waals surface area contributed by atoms with Crippen LogP contribution < -0.4 is 5.73 Å². The van der Waals surface area contributed by atoms with Gasteiger partial charge in [0.15, 0.2) is 0 Å². The number of rotatable bonds is 2. The first kappa shape index (κ1) is 13.3. The summed E-state index contributed by atoms with van der Waals surface area (Å²) in [4.78, 5) is 0. The van der Waals surface area contributed by atoms with E-state index in [1.54, 1.807) is 12.1 Å². The predicted octanol–water partition coefficient (Wildman–Crippen LogP) is 2.45. The minimum absolute atomic E-state index is 0.0165. The standard InChI is InChI=1S/C12H18ClNO2/c1-12(2,3)11(16)10(14)7-4-5-9(15)8(13)6-7/h4-6,10-11,15-16H,14H2,1-3H3/t10-,11-/m0/s1. The number of aliphatic hydroxyl groups excluding tert-OH is 1. The van der Waals surface area contributed by atoms with E-state index in [1.807, 2.05) is 20.8 Å². The maximum Gasteiger partial charge on any atom is 0.134 e. The van der Waals surface area contributed by atoms with Gasteiger partial charge in [0.25, 0.3) is 0 Å². The number of nitrogens with two attached hydrogens (primary N) is 1. The Labute approximate surface area is 101 Å². The molecule has 0 aliphatic heterocycles. The van der Waals surface area contributed by atoms with E-state index in [9.17, 15) is 10.2 Å². The zero-order valence-electron chi connectivity index (χ0n) is 9.74. The zero-order chi connectivity index (χ0) is 12.5. The number of benzene rings is 1. The molecular weight excluding hydrogens is 226 g/mol. The Balaban J connectivity index is 2.97. The van der Waals surface area contributed by atoms with Crippen LogP contribution in [0.3, 0.4) is 0 Å². The summed E-state index contributed by atoms with van der Waals surface area (Å²) < 4.78 is 0. The average Bonchev–Trinajstić information content (AvgIpc) is 2.18. The highest BCUT2D eigenvalue weighted by Crippen LogP contribution is 2.31. The third-order valence-corrected chi connectivity index (χ3v) is 2.89. The molecule has 0 fully saturated rings. The second kappa shape index (κ2) is 4.62. The normalized spacial score (nSPS) is 15.9. The molecule has 0 saturated carbocycles. The van der Waals surface area contributed by atoms with E-state index < -0.39 is 12.1 Å². The van der Waals surface area contributed by atoms with Crippen LogP contribution in [0.1, 0.15) is 32.4 Å². The maximum atomic E-state index is 10.0. The molecule has 1 aromatic rings. The van der Waals surface area contributed by atoms with Crippen LogP contribution in [0.5, 0.6) is 5.75 Å². The quantitative estimate of drug-likeness (QED) is 0.748. The van der Waals surface area contributed by atoms with E-state index in [4.69, 9.17) is 17.3 Å². The molecule has 0 radical (unpaired) electrons. The summed E-state index contributed by atoms with van der Waals surface area (Å²) in [5.41, 5.74) is 6.36. The van der Waals surface area contributed by atoms with Crippen LogP contribution in [0.15, 0.2) is 18.2 Å². The van der Waals surface area contributed by atoms with Crippen molar-refractivity contribution in [2.45, 2.75) is 32.9 Å². The van der Waals surface area contributed by atoms with Gasteiger partial charge in [-0.1, -0.05) is 38.4 Å². The van der Waals surface area contributed by atoms with Crippen LogP contribution in [0, 0.1) is 5.41 Å². The molecule has 0 bridgehead atoms. The molecule has 2 atom stereocenters. The van der Waals surface area contributed by atoms with Crippen LogP contribution in [-0.4, -0.2) is 16.3 Å². The molecule has 0 unspecified atom stereocenters. The van der Waals surface area contributed by atoms with Crippen LogP contribution in [0.4, 0.5) is 0 Å². The van der Waals surface area contributed by atoms with E-state index in [1.165, 1.54) is 6.07 Å². The third-order valence-electron chi connectivity index (χ3n) is 2.58. The molecule has 4 N–H and O–H groups in total. The second-order valence-electron chi connectivity index (χ2n) is 5.05. The first-order valence-electron chi connectivity index (χ1n) is 5.15. The number of halogens is 1. The molecule has 3 nitrogen and oxygen atoms in total. The van der Waals surface area contributed by atoms with E-state index >= 15 is 0 Å². The monoisotopic (exact) mass is 243 g/mol. The topological polar surface area (TPSA) is 66.5 Å². The van der Waals surface area contributed by atoms with Crippen molar-refractivity contribution in [1.29, 1.82) is 0 Å². The lowest BCUT2D eigenvalue weighted by atomic mass is 9.82. The number of phenolic OH excluding ortho intramolecular Hbond substituents is 1. The summed E-state index contributed by atoms with van der Waals surface area (Å²) in [6.45, 7) is 5.75. The van der Waals surface area contributed by atoms with Gasteiger partial charge in [-0.2, -0.15) is 0 Å². The van der Waals surface area contributed by atoms with Crippen molar-refractivity contribution in [2.24, 2.45) is 11.1 Å². The molecule has 0 saturated heterocycles. The summed E-state index contributed by atoms with van der Waals surface area (Å²) in [7, 11) is 0. The number of hydrogen-bond donors (Lipinski definition) is 3. The number of aliphatic hydroxyl groups is 1. The Bertz CT molecular complexity index is 374. The lowest BCUT2D eigenvalue weighted by Crippen LogP contribution is -2.36. The van der Waals surface area contributed by atoms with E-state index in [-0.39, 0.29) is 16.2 Å². The molecule has 0 spiro atoms. The van der Waals surface area contributed by atoms with Gasteiger partial charge in [-0.25, -0.2) is 0 Å². The first-order chi connectivity index (χ1) is 7.23. The van der Waals surface area contributed by atoms with Gasteiger partial charge in [0.2, 0.25) is 0 Å². The lowest BCUT2D eigenvalue weighted by Gasteiger charge is -2.31. The van der Waals surface area contributed by atoms with Crippen molar-refractivity contribution in [1.82, 2.24) is 0 Å². The van der Waals surface area contributed by atoms with E-state index in [2.05, 4.69) is 0 Å². The summed E-state index contributed by atoms with van der Waals surface area (Å²) >= 11 is 5.79. The van der Waals surface area contributed by atoms with Gasteiger partial charge < -0.3 is 15.9 Å². The molecule has 16 heavy (non-hydrogen) atoms. The lowest BCUT2D eigenvalue weighted by molar-refractivity contribution is 0.0401. The smallest absolute Gasteiger partial charge is 0.134 e. The van der Waals surface area contributed by atoms with Crippen LogP contribution in [-0.2, 0) is 0 Å². The van der Waals surface area contributed by atoms with E-state index in [0.29, 0.717) is 5.56 Å². The van der Waals surface area contributed by atoms with Gasteiger partial charge in [0.1, 0.15) is 5.75 Å². The predicted molar refractivity (Wildman–Crippen MR) is 65.5 cm³/mol. The molecule has 0 aliphatic carbocycles. The molecule has 90 valence electrons. The largest absolute Gasteiger partial charge is 0.506 e. The summed E-state index contributed by atoms with van der Waals surface area (Å²) in [5.74, 6) is 0.0165. The van der Waals surface area contributed by atoms with Crippen molar-refractivity contribution >= 4 is 11.6 Å². The Kier molecular flexibility index (Phi) is 3.84. The molecule has 1 rings (SSSR count). The Morgan fingerprint density at radius 1 is 1.31 bits per heavy atom. The third kappa shape index (κ3) is 2.88. The fourth-order valence-electron chi connectivity index (χ4n) is 1.45. The molecular formula is C12H18ClNO2. The summed E-state index contributed by atoms with van der Waals surface area (Å²) in [6, 6.07) is 4.21.